The van der Waals surface area contributed by atoms with Crippen LogP contribution in [-0.2, 0) is 22.6 Å². The predicted molar refractivity (Wildman–Crippen MR) is 119 cm³/mol. The van der Waals surface area contributed by atoms with E-state index in [0.717, 1.165) is 23.1 Å². The average Bonchev–Trinajstić information content (AvgIpc) is 3.11. The molecule has 3 aromatic rings. The summed E-state index contributed by atoms with van der Waals surface area (Å²) in [7, 11) is 0. The number of nitrogens with two attached hydrogens (primary N) is 1. The first-order valence-electron chi connectivity index (χ1n) is 9.27. The third-order valence-corrected chi connectivity index (χ3v) is 5.19. The average molecular weight is 437 g/mol. The molecule has 0 spiro atoms. The molecule has 0 radical (unpaired) electrons. The SMILES string of the molecule is Cl.Cl.NC1(C(=O)NCc2ccc(Cn3cnc4ccccc43)cc2)CCOCC1. The van der Waals surface area contributed by atoms with Crippen molar-refractivity contribution < 1.29 is 9.53 Å². The highest BCUT2D eigenvalue weighted by Gasteiger charge is 2.35. The van der Waals surface area contributed by atoms with Crippen molar-refractivity contribution in [3.63, 3.8) is 0 Å². The molecule has 29 heavy (non-hydrogen) atoms. The van der Waals surface area contributed by atoms with Crippen LogP contribution in [-0.4, -0.2) is 34.2 Å². The standard InChI is InChI=1S/C21H24N4O2.2ClH/c22-21(9-11-27-12-10-21)20(26)23-13-16-5-7-17(8-6-16)14-25-15-24-18-3-1-2-4-19(18)25;;/h1-8,15H,9-14,22H2,(H,23,26);2*1H. The van der Waals surface area contributed by atoms with Gasteiger partial charge in [0.25, 0.3) is 0 Å². The summed E-state index contributed by atoms with van der Waals surface area (Å²) < 4.78 is 7.43. The van der Waals surface area contributed by atoms with Crippen molar-refractivity contribution >= 4 is 41.8 Å². The molecule has 6 nitrogen and oxygen atoms in total. The minimum Gasteiger partial charge on any atom is -0.381 e. The van der Waals surface area contributed by atoms with Crippen LogP contribution in [0.15, 0.2) is 54.9 Å². The summed E-state index contributed by atoms with van der Waals surface area (Å²) in [5.41, 5.74) is 9.77. The molecule has 1 aromatic heterocycles. The van der Waals surface area contributed by atoms with Gasteiger partial charge >= 0.3 is 0 Å². The van der Waals surface area contributed by atoms with Gasteiger partial charge in [-0.15, -0.1) is 24.8 Å². The van der Waals surface area contributed by atoms with Crippen LogP contribution in [0.3, 0.4) is 0 Å². The number of halogens is 2. The van der Waals surface area contributed by atoms with Crippen LogP contribution in [0.4, 0.5) is 0 Å². The van der Waals surface area contributed by atoms with E-state index in [4.69, 9.17) is 10.5 Å². The second kappa shape index (κ2) is 10.1. The van der Waals surface area contributed by atoms with E-state index in [1.54, 1.807) is 0 Å². The number of benzene rings is 2. The van der Waals surface area contributed by atoms with Crippen molar-refractivity contribution in [2.75, 3.05) is 13.2 Å². The second-order valence-corrected chi connectivity index (χ2v) is 7.13. The van der Waals surface area contributed by atoms with Crippen LogP contribution in [0.1, 0.15) is 24.0 Å². The third-order valence-electron chi connectivity index (χ3n) is 5.19. The maximum atomic E-state index is 12.4. The maximum absolute atomic E-state index is 12.4. The van der Waals surface area contributed by atoms with Gasteiger partial charge in [0, 0.05) is 26.3 Å². The topological polar surface area (TPSA) is 82.2 Å². The first kappa shape index (κ1) is 23.2. The van der Waals surface area contributed by atoms with Crippen LogP contribution in [0.2, 0.25) is 0 Å². The number of hydrogen-bond acceptors (Lipinski definition) is 4. The molecule has 3 N–H and O–H groups in total. The van der Waals surface area contributed by atoms with Gasteiger partial charge in [0.05, 0.1) is 22.9 Å². The number of hydrogen-bond donors (Lipinski definition) is 2. The van der Waals surface area contributed by atoms with E-state index < -0.39 is 5.54 Å². The van der Waals surface area contributed by atoms with Gasteiger partial charge in [-0.05, 0) is 36.1 Å². The Morgan fingerprint density at radius 2 is 1.72 bits per heavy atom. The van der Waals surface area contributed by atoms with Gasteiger partial charge in [0.1, 0.15) is 0 Å². The molecule has 2 heterocycles. The Labute approximate surface area is 182 Å². The number of amides is 1. The monoisotopic (exact) mass is 436 g/mol. The number of ether oxygens (including phenoxy) is 1. The van der Waals surface area contributed by atoms with E-state index in [2.05, 4.69) is 33.1 Å². The molecule has 0 aliphatic carbocycles. The van der Waals surface area contributed by atoms with Crippen LogP contribution >= 0.6 is 24.8 Å². The normalized spacial score (nSPS) is 15.2. The Balaban J connectivity index is 0.00000150. The molecule has 1 fully saturated rings. The molecule has 0 saturated carbocycles. The minimum atomic E-state index is -0.805. The number of para-hydroxylation sites is 2. The van der Waals surface area contributed by atoms with Crippen LogP contribution in [0, 0.1) is 0 Å². The summed E-state index contributed by atoms with van der Waals surface area (Å²) in [5.74, 6) is -0.0974. The summed E-state index contributed by atoms with van der Waals surface area (Å²) in [6.07, 6.45) is 3.00. The fraction of sp³-hybridized carbons (Fsp3) is 0.333. The molecule has 1 aliphatic heterocycles. The number of aromatic nitrogens is 2. The van der Waals surface area contributed by atoms with Crippen molar-refractivity contribution in [3.8, 4) is 0 Å². The lowest BCUT2D eigenvalue weighted by atomic mass is 9.90. The number of carbonyl (C=O) groups excluding carboxylic acids is 1. The highest BCUT2D eigenvalue weighted by molar-refractivity contribution is 5.86. The van der Waals surface area contributed by atoms with Gasteiger partial charge in [-0.3, -0.25) is 4.79 Å². The molecule has 1 amide bonds. The van der Waals surface area contributed by atoms with E-state index >= 15 is 0 Å². The van der Waals surface area contributed by atoms with Crippen LogP contribution < -0.4 is 11.1 Å². The fourth-order valence-corrected chi connectivity index (χ4v) is 3.42. The molecule has 0 unspecified atom stereocenters. The van der Waals surface area contributed by atoms with Gasteiger partial charge in [0.15, 0.2) is 0 Å². The summed E-state index contributed by atoms with van der Waals surface area (Å²) in [5, 5.41) is 2.96. The molecular formula is C21H26Cl2N4O2. The van der Waals surface area contributed by atoms with Crippen molar-refractivity contribution in [2.45, 2.75) is 31.5 Å². The van der Waals surface area contributed by atoms with E-state index in [1.807, 2.05) is 36.7 Å². The lowest BCUT2D eigenvalue weighted by molar-refractivity contribution is -0.129. The van der Waals surface area contributed by atoms with Crippen molar-refractivity contribution in [2.24, 2.45) is 5.73 Å². The number of carbonyl (C=O) groups is 1. The van der Waals surface area contributed by atoms with Crippen molar-refractivity contribution in [3.05, 3.63) is 66.0 Å². The molecule has 156 valence electrons. The Kier molecular flexibility index (Phi) is 8.05. The van der Waals surface area contributed by atoms with E-state index in [-0.39, 0.29) is 30.7 Å². The zero-order valence-electron chi connectivity index (χ0n) is 16.0. The molecule has 1 aliphatic rings. The fourth-order valence-electron chi connectivity index (χ4n) is 3.42. The van der Waals surface area contributed by atoms with Gasteiger partial charge in [-0.2, -0.15) is 0 Å². The lowest BCUT2D eigenvalue weighted by Crippen LogP contribution is -2.56. The van der Waals surface area contributed by atoms with Gasteiger partial charge in [-0.25, -0.2) is 4.98 Å². The maximum Gasteiger partial charge on any atom is 0.240 e. The predicted octanol–water partition coefficient (Wildman–Crippen LogP) is 3.05. The van der Waals surface area contributed by atoms with E-state index in [9.17, 15) is 4.79 Å². The van der Waals surface area contributed by atoms with Crippen LogP contribution in [0.25, 0.3) is 11.0 Å². The summed E-state index contributed by atoms with van der Waals surface area (Å²) in [4.78, 5) is 16.8. The number of nitrogens with one attached hydrogen (secondary N) is 1. The molecule has 2 aromatic carbocycles. The largest absolute Gasteiger partial charge is 0.381 e. The molecular weight excluding hydrogens is 411 g/mol. The summed E-state index contributed by atoms with van der Waals surface area (Å²) in [6, 6.07) is 16.4. The molecule has 8 heteroatoms. The summed E-state index contributed by atoms with van der Waals surface area (Å²) >= 11 is 0. The quantitative estimate of drug-likeness (QED) is 0.643. The molecule has 4 rings (SSSR count). The van der Waals surface area contributed by atoms with Gasteiger partial charge in [-0.1, -0.05) is 36.4 Å². The zero-order chi connectivity index (χ0) is 18.7. The number of fused-ring (bicyclic) bond motifs is 1. The second-order valence-electron chi connectivity index (χ2n) is 7.13. The Morgan fingerprint density at radius 1 is 1.07 bits per heavy atom. The Morgan fingerprint density at radius 3 is 2.45 bits per heavy atom. The van der Waals surface area contributed by atoms with E-state index in [1.165, 1.54) is 5.56 Å². The Hall–Kier alpha value is -2.12. The van der Waals surface area contributed by atoms with Gasteiger partial charge < -0.3 is 20.4 Å². The third kappa shape index (κ3) is 5.28. The first-order chi connectivity index (χ1) is 13.1. The summed E-state index contributed by atoms with van der Waals surface area (Å²) in [6.45, 7) is 2.33. The highest BCUT2D eigenvalue weighted by atomic mass is 35.5. The molecule has 0 bridgehead atoms. The Bertz CT molecular complexity index is 937. The molecule has 1 saturated heterocycles. The lowest BCUT2D eigenvalue weighted by Gasteiger charge is -2.31. The van der Waals surface area contributed by atoms with E-state index in [0.29, 0.717) is 32.6 Å². The smallest absolute Gasteiger partial charge is 0.240 e. The molecule has 0 atom stereocenters. The van der Waals surface area contributed by atoms with Gasteiger partial charge in [0.2, 0.25) is 5.91 Å². The minimum absolute atomic E-state index is 0. The number of imidazole rings is 1. The van der Waals surface area contributed by atoms with Crippen molar-refractivity contribution in [1.29, 1.82) is 0 Å². The first-order valence-corrected chi connectivity index (χ1v) is 9.27. The van der Waals surface area contributed by atoms with Crippen molar-refractivity contribution in [1.82, 2.24) is 14.9 Å². The number of nitrogens with zero attached hydrogens (tertiary/aromatic N) is 2. The zero-order valence-corrected chi connectivity index (χ0v) is 17.7. The number of rotatable bonds is 5. The highest BCUT2D eigenvalue weighted by Crippen LogP contribution is 2.18. The van der Waals surface area contributed by atoms with Crippen LogP contribution in [0.5, 0.6) is 0 Å².